The first-order valence-electron chi connectivity index (χ1n) is 9.16. The second-order valence-electron chi connectivity index (χ2n) is 7.12. The summed E-state index contributed by atoms with van der Waals surface area (Å²) in [6.07, 6.45) is 12.6. The second-order valence-corrected chi connectivity index (χ2v) is 7.12. The van der Waals surface area contributed by atoms with Crippen LogP contribution in [0.25, 0.3) is 0 Å². The number of esters is 1. The summed E-state index contributed by atoms with van der Waals surface area (Å²) >= 11 is 0. The van der Waals surface area contributed by atoms with Crippen LogP contribution >= 0.6 is 0 Å². The minimum Gasteiger partial charge on any atom is -0.501 e. The van der Waals surface area contributed by atoms with Crippen molar-refractivity contribution in [2.75, 3.05) is 14.2 Å². The molecule has 1 aliphatic carbocycles. The molecule has 0 aromatic heterocycles. The van der Waals surface area contributed by atoms with E-state index in [4.69, 9.17) is 9.47 Å². The molecule has 0 aliphatic heterocycles. The minimum absolute atomic E-state index is 0.0162. The first-order chi connectivity index (χ1) is 11.9. The number of carbonyl (C=O) groups is 1. The monoisotopic (exact) mass is 346 g/mol. The van der Waals surface area contributed by atoms with Crippen molar-refractivity contribution in [1.82, 2.24) is 0 Å². The maximum absolute atomic E-state index is 12.1. The summed E-state index contributed by atoms with van der Waals surface area (Å²) in [5.74, 6) is 0.339. The predicted octanol–water partition coefficient (Wildman–Crippen LogP) is 5.75. The van der Waals surface area contributed by atoms with Crippen molar-refractivity contribution in [3.05, 3.63) is 47.3 Å². The highest BCUT2D eigenvalue weighted by Gasteiger charge is 2.34. The van der Waals surface area contributed by atoms with Crippen molar-refractivity contribution >= 4 is 5.97 Å². The lowest BCUT2D eigenvalue weighted by Crippen LogP contribution is -2.29. The summed E-state index contributed by atoms with van der Waals surface area (Å²) in [5.41, 5.74) is 4.15. The molecule has 0 aromatic rings. The van der Waals surface area contributed by atoms with Crippen molar-refractivity contribution in [2.45, 2.75) is 59.3 Å². The number of ether oxygens (including phenoxy) is 2. The minimum atomic E-state index is -0.180. The van der Waals surface area contributed by atoms with E-state index < -0.39 is 0 Å². The smallest absolute Gasteiger partial charge is 0.309 e. The molecule has 25 heavy (non-hydrogen) atoms. The molecule has 2 unspecified atom stereocenters. The summed E-state index contributed by atoms with van der Waals surface area (Å²) in [6.45, 7) is 10.4. The van der Waals surface area contributed by atoms with Crippen LogP contribution in [0.4, 0.5) is 0 Å². The molecule has 0 radical (unpaired) electrons. The van der Waals surface area contributed by atoms with E-state index in [0.717, 1.165) is 38.5 Å². The molecule has 3 nitrogen and oxygen atoms in total. The molecule has 2 atom stereocenters. The number of allylic oxidation sites excluding steroid dienone is 7. The van der Waals surface area contributed by atoms with Gasteiger partial charge in [-0.3, -0.25) is 4.79 Å². The highest BCUT2D eigenvalue weighted by atomic mass is 16.5. The van der Waals surface area contributed by atoms with Crippen molar-refractivity contribution in [3.8, 4) is 0 Å². The standard InChI is InChI=1S/C22H34O3/c1-16(2)9-7-10-17(3)11-8-12-19-13-14-20(18(4)24-5)21(15-19)22(23)25-6/h9,11,13,20-21H,4,7-8,10,12,14-15H2,1-3,5-6H3/b17-11+. The molecule has 0 saturated heterocycles. The Balaban J connectivity index is 2.59. The molecule has 0 bridgehead atoms. The topological polar surface area (TPSA) is 35.5 Å². The van der Waals surface area contributed by atoms with Gasteiger partial charge in [-0.15, -0.1) is 0 Å². The molecule has 0 spiro atoms. The zero-order valence-electron chi connectivity index (χ0n) is 16.6. The number of hydrogen-bond acceptors (Lipinski definition) is 3. The highest BCUT2D eigenvalue weighted by molar-refractivity contribution is 5.73. The molecular formula is C22H34O3. The van der Waals surface area contributed by atoms with Gasteiger partial charge >= 0.3 is 5.97 Å². The summed E-state index contributed by atoms with van der Waals surface area (Å²) in [6, 6.07) is 0. The Labute approximate surface area is 153 Å². The molecule has 0 saturated carbocycles. The van der Waals surface area contributed by atoms with E-state index in [1.165, 1.54) is 23.8 Å². The van der Waals surface area contributed by atoms with Crippen LogP contribution in [0.15, 0.2) is 47.3 Å². The zero-order valence-corrected chi connectivity index (χ0v) is 16.6. The van der Waals surface area contributed by atoms with Gasteiger partial charge in [-0.05, 0) is 59.3 Å². The molecule has 1 aliphatic rings. The average molecular weight is 347 g/mol. The molecule has 0 N–H and O–H groups in total. The lowest BCUT2D eigenvalue weighted by molar-refractivity contribution is -0.147. The van der Waals surface area contributed by atoms with Crippen molar-refractivity contribution in [2.24, 2.45) is 11.8 Å². The molecule has 0 amide bonds. The van der Waals surface area contributed by atoms with Gasteiger partial charge in [0.25, 0.3) is 0 Å². The van der Waals surface area contributed by atoms with E-state index in [1.54, 1.807) is 7.11 Å². The van der Waals surface area contributed by atoms with Gasteiger partial charge in [0.05, 0.1) is 25.9 Å². The number of carbonyl (C=O) groups excluding carboxylic acids is 1. The van der Waals surface area contributed by atoms with Crippen LogP contribution in [0.5, 0.6) is 0 Å². The van der Waals surface area contributed by atoms with Crippen LogP contribution in [0.2, 0.25) is 0 Å². The van der Waals surface area contributed by atoms with Gasteiger partial charge in [0, 0.05) is 5.92 Å². The predicted molar refractivity (Wildman–Crippen MR) is 104 cm³/mol. The van der Waals surface area contributed by atoms with Crippen LogP contribution in [-0.2, 0) is 14.3 Å². The Hall–Kier alpha value is -1.77. The summed E-state index contributed by atoms with van der Waals surface area (Å²) in [4.78, 5) is 12.1. The van der Waals surface area contributed by atoms with Gasteiger partial charge in [0.2, 0.25) is 0 Å². The summed E-state index contributed by atoms with van der Waals surface area (Å²) < 4.78 is 10.3. The normalized spacial score (nSPS) is 20.5. The Kier molecular flexibility index (Phi) is 9.33. The Morgan fingerprint density at radius 1 is 1.16 bits per heavy atom. The molecule has 0 fully saturated rings. The number of hydrogen-bond donors (Lipinski definition) is 0. The molecule has 140 valence electrons. The SMILES string of the molecule is C=C(OC)C1CC=C(CC/C=C(\C)CCC=C(C)C)CC1C(=O)OC. The molecular weight excluding hydrogens is 312 g/mol. The zero-order chi connectivity index (χ0) is 18.8. The van der Waals surface area contributed by atoms with E-state index in [2.05, 4.69) is 45.6 Å². The van der Waals surface area contributed by atoms with Gasteiger partial charge in [-0.2, -0.15) is 0 Å². The fourth-order valence-electron chi connectivity index (χ4n) is 3.27. The third-order valence-corrected chi connectivity index (χ3v) is 4.86. The van der Waals surface area contributed by atoms with E-state index in [1.807, 2.05) is 0 Å². The van der Waals surface area contributed by atoms with Gasteiger partial charge < -0.3 is 9.47 Å². The van der Waals surface area contributed by atoms with E-state index in [0.29, 0.717) is 5.76 Å². The summed E-state index contributed by atoms with van der Waals surface area (Å²) in [5, 5.41) is 0. The third kappa shape index (κ3) is 7.33. The molecule has 0 heterocycles. The largest absolute Gasteiger partial charge is 0.501 e. The maximum atomic E-state index is 12.1. The van der Waals surface area contributed by atoms with Crippen LogP contribution in [-0.4, -0.2) is 20.2 Å². The Morgan fingerprint density at radius 3 is 2.48 bits per heavy atom. The van der Waals surface area contributed by atoms with Gasteiger partial charge in [-0.1, -0.05) is 41.5 Å². The quantitative estimate of drug-likeness (QED) is 0.303. The van der Waals surface area contributed by atoms with E-state index in [-0.39, 0.29) is 17.8 Å². The van der Waals surface area contributed by atoms with E-state index in [9.17, 15) is 4.79 Å². The Bertz CT molecular complexity index is 548. The van der Waals surface area contributed by atoms with Crippen LogP contribution < -0.4 is 0 Å². The van der Waals surface area contributed by atoms with Crippen LogP contribution in [0.1, 0.15) is 59.3 Å². The lowest BCUT2D eigenvalue weighted by atomic mass is 9.77. The van der Waals surface area contributed by atoms with Crippen molar-refractivity contribution < 1.29 is 14.3 Å². The van der Waals surface area contributed by atoms with E-state index >= 15 is 0 Å². The third-order valence-electron chi connectivity index (χ3n) is 4.86. The van der Waals surface area contributed by atoms with Gasteiger partial charge in [0.15, 0.2) is 0 Å². The lowest BCUT2D eigenvalue weighted by Gasteiger charge is -2.30. The van der Waals surface area contributed by atoms with Crippen LogP contribution in [0.3, 0.4) is 0 Å². The fourth-order valence-corrected chi connectivity index (χ4v) is 3.27. The first kappa shape index (κ1) is 21.3. The van der Waals surface area contributed by atoms with Crippen LogP contribution in [0, 0.1) is 11.8 Å². The Morgan fingerprint density at radius 2 is 1.88 bits per heavy atom. The fraction of sp³-hybridized carbons (Fsp3) is 0.591. The molecule has 3 heteroatoms. The number of methoxy groups -OCH3 is 2. The van der Waals surface area contributed by atoms with Gasteiger partial charge in [0.1, 0.15) is 0 Å². The maximum Gasteiger partial charge on any atom is 0.309 e. The van der Waals surface area contributed by atoms with Crippen molar-refractivity contribution in [1.29, 1.82) is 0 Å². The molecule has 1 rings (SSSR count). The first-order valence-corrected chi connectivity index (χ1v) is 9.16. The average Bonchev–Trinajstić information content (AvgIpc) is 2.59. The highest BCUT2D eigenvalue weighted by Crippen LogP contribution is 2.36. The summed E-state index contributed by atoms with van der Waals surface area (Å²) in [7, 11) is 3.06. The second kappa shape index (κ2) is 11.0. The van der Waals surface area contributed by atoms with Gasteiger partial charge in [-0.25, -0.2) is 0 Å². The van der Waals surface area contributed by atoms with Crippen molar-refractivity contribution in [3.63, 3.8) is 0 Å². The number of rotatable bonds is 9. The molecule has 0 aromatic carbocycles.